The number of halogens is 2. The van der Waals surface area contributed by atoms with Gasteiger partial charge in [-0.05, 0) is 13.8 Å². The molecule has 1 saturated carbocycles. The van der Waals surface area contributed by atoms with E-state index in [1.54, 1.807) is 0 Å². The quantitative estimate of drug-likeness (QED) is 0.797. The van der Waals surface area contributed by atoms with Crippen LogP contribution in [0.15, 0.2) is 6.33 Å². The Hall–Kier alpha value is -1.26. The van der Waals surface area contributed by atoms with Crippen molar-refractivity contribution in [3.8, 4) is 5.88 Å². The second kappa shape index (κ2) is 3.96. The number of ether oxygens (including phenoxy) is 1. The first kappa shape index (κ1) is 11.2. The third-order valence-corrected chi connectivity index (χ3v) is 2.92. The number of aryl methyl sites for hydroxylation is 1. The van der Waals surface area contributed by atoms with E-state index in [-0.39, 0.29) is 18.8 Å². The summed E-state index contributed by atoms with van der Waals surface area (Å²) in [6, 6.07) is 0. The first-order chi connectivity index (χ1) is 7.48. The highest BCUT2D eigenvalue weighted by Gasteiger charge is 2.45. The first-order valence-corrected chi connectivity index (χ1v) is 5.27. The van der Waals surface area contributed by atoms with E-state index in [0.717, 1.165) is 11.3 Å². The van der Waals surface area contributed by atoms with E-state index in [0.29, 0.717) is 12.5 Å². The molecule has 1 heterocycles. The Morgan fingerprint density at radius 3 is 2.69 bits per heavy atom. The van der Waals surface area contributed by atoms with Crippen molar-refractivity contribution in [2.45, 2.75) is 32.6 Å². The lowest BCUT2D eigenvalue weighted by Gasteiger charge is -2.34. The van der Waals surface area contributed by atoms with Crippen molar-refractivity contribution in [1.29, 1.82) is 0 Å². The van der Waals surface area contributed by atoms with Gasteiger partial charge in [0.05, 0.1) is 6.61 Å². The predicted molar refractivity (Wildman–Crippen MR) is 54.7 cm³/mol. The van der Waals surface area contributed by atoms with Crippen molar-refractivity contribution < 1.29 is 13.5 Å². The van der Waals surface area contributed by atoms with Crippen molar-refractivity contribution in [3.05, 3.63) is 17.6 Å². The highest BCUT2D eigenvalue weighted by Crippen LogP contribution is 2.42. The van der Waals surface area contributed by atoms with Gasteiger partial charge in [0.15, 0.2) is 0 Å². The van der Waals surface area contributed by atoms with Gasteiger partial charge in [-0.25, -0.2) is 18.7 Å². The fraction of sp³-hybridized carbons (Fsp3) is 0.636. The molecule has 1 aromatic rings. The van der Waals surface area contributed by atoms with Crippen molar-refractivity contribution in [3.63, 3.8) is 0 Å². The van der Waals surface area contributed by atoms with E-state index in [1.165, 1.54) is 6.33 Å². The maximum atomic E-state index is 12.6. The van der Waals surface area contributed by atoms with Gasteiger partial charge >= 0.3 is 0 Å². The number of nitrogens with zero attached hydrogens (tertiary/aromatic N) is 2. The predicted octanol–water partition coefficient (Wildman–Crippen LogP) is 2.52. The summed E-state index contributed by atoms with van der Waals surface area (Å²) in [5.41, 5.74) is 1.72. The van der Waals surface area contributed by atoms with Gasteiger partial charge in [-0.1, -0.05) is 0 Å². The number of aromatic nitrogens is 2. The summed E-state index contributed by atoms with van der Waals surface area (Å²) in [7, 11) is 0. The van der Waals surface area contributed by atoms with E-state index in [1.807, 2.05) is 13.8 Å². The molecule has 2 rings (SSSR count). The van der Waals surface area contributed by atoms with Gasteiger partial charge in [0, 0.05) is 30.0 Å². The Balaban J connectivity index is 1.89. The van der Waals surface area contributed by atoms with Crippen LogP contribution in [-0.2, 0) is 0 Å². The molecule has 0 spiro atoms. The molecule has 1 aromatic heterocycles. The van der Waals surface area contributed by atoms with E-state index in [9.17, 15) is 8.78 Å². The van der Waals surface area contributed by atoms with Gasteiger partial charge in [-0.3, -0.25) is 0 Å². The normalized spacial score (nSPS) is 19.2. The topological polar surface area (TPSA) is 35.0 Å². The van der Waals surface area contributed by atoms with Crippen LogP contribution in [0.25, 0.3) is 0 Å². The standard InChI is InChI=1S/C11H14F2N2O/c1-7-8(2)14-6-15-10(7)16-5-9-3-11(12,13)4-9/h6,9H,3-5H2,1-2H3. The van der Waals surface area contributed by atoms with Gasteiger partial charge in [-0.2, -0.15) is 0 Å². The molecule has 0 amide bonds. The average molecular weight is 228 g/mol. The maximum Gasteiger partial charge on any atom is 0.248 e. The van der Waals surface area contributed by atoms with Gasteiger partial charge in [-0.15, -0.1) is 0 Å². The van der Waals surface area contributed by atoms with Crippen molar-refractivity contribution in [1.82, 2.24) is 9.97 Å². The van der Waals surface area contributed by atoms with Crippen molar-refractivity contribution >= 4 is 0 Å². The molecule has 1 aliphatic carbocycles. The lowest BCUT2D eigenvalue weighted by atomic mass is 9.82. The van der Waals surface area contributed by atoms with Gasteiger partial charge in [0.2, 0.25) is 11.8 Å². The van der Waals surface area contributed by atoms with Crippen LogP contribution in [0.2, 0.25) is 0 Å². The Labute approximate surface area is 92.9 Å². The molecule has 88 valence electrons. The number of alkyl halides is 2. The molecule has 0 N–H and O–H groups in total. The monoisotopic (exact) mass is 228 g/mol. The second-order valence-electron chi connectivity index (χ2n) is 4.33. The minimum atomic E-state index is -2.48. The Morgan fingerprint density at radius 2 is 2.06 bits per heavy atom. The molecule has 0 radical (unpaired) electrons. The maximum absolute atomic E-state index is 12.6. The fourth-order valence-electron chi connectivity index (χ4n) is 1.76. The third kappa shape index (κ3) is 2.28. The second-order valence-corrected chi connectivity index (χ2v) is 4.33. The van der Waals surface area contributed by atoms with Crippen LogP contribution in [-0.4, -0.2) is 22.5 Å². The molecule has 0 unspecified atom stereocenters. The summed E-state index contributed by atoms with van der Waals surface area (Å²) in [6.45, 7) is 4.04. The van der Waals surface area contributed by atoms with Gasteiger partial charge in [0.1, 0.15) is 6.33 Å². The lowest BCUT2D eigenvalue weighted by Crippen LogP contribution is -2.38. The molecular weight excluding hydrogens is 214 g/mol. The number of hydrogen-bond acceptors (Lipinski definition) is 3. The molecule has 0 aliphatic heterocycles. The highest BCUT2D eigenvalue weighted by molar-refractivity contribution is 5.26. The minimum Gasteiger partial charge on any atom is -0.477 e. The van der Waals surface area contributed by atoms with Gasteiger partial charge < -0.3 is 4.74 Å². The number of rotatable bonds is 3. The zero-order valence-corrected chi connectivity index (χ0v) is 9.33. The summed E-state index contributed by atoms with van der Waals surface area (Å²) >= 11 is 0. The summed E-state index contributed by atoms with van der Waals surface area (Å²) in [6.07, 6.45) is 1.28. The molecule has 0 bridgehead atoms. The molecule has 0 aromatic carbocycles. The zero-order valence-electron chi connectivity index (χ0n) is 9.33. The zero-order chi connectivity index (χ0) is 11.8. The van der Waals surface area contributed by atoms with Crippen LogP contribution >= 0.6 is 0 Å². The van der Waals surface area contributed by atoms with E-state index in [4.69, 9.17) is 4.74 Å². The van der Waals surface area contributed by atoms with Crippen LogP contribution in [0, 0.1) is 19.8 Å². The molecule has 0 saturated heterocycles. The van der Waals surface area contributed by atoms with Crippen LogP contribution in [0.4, 0.5) is 8.78 Å². The summed E-state index contributed by atoms with van der Waals surface area (Å²) < 4.78 is 30.6. The van der Waals surface area contributed by atoms with Crippen LogP contribution in [0.3, 0.4) is 0 Å². The molecule has 0 atom stereocenters. The highest BCUT2D eigenvalue weighted by atomic mass is 19.3. The smallest absolute Gasteiger partial charge is 0.248 e. The van der Waals surface area contributed by atoms with E-state index >= 15 is 0 Å². The largest absolute Gasteiger partial charge is 0.477 e. The Morgan fingerprint density at radius 1 is 1.38 bits per heavy atom. The first-order valence-electron chi connectivity index (χ1n) is 5.27. The van der Waals surface area contributed by atoms with Crippen molar-refractivity contribution in [2.75, 3.05) is 6.61 Å². The molecule has 3 nitrogen and oxygen atoms in total. The average Bonchev–Trinajstić information content (AvgIpc) is 2.17. The van der Waals surface area contributed by atoms with Gasteiger partial charge in [0.25, 0.3) is 0 Å². The third-order valence-electron chi connectivity index (χ3n) is 2.92. The molecule has 1 aliphatic rings. The van der Waals surface area contributed by atoms with Crippen LogP contribution in [0.1, 0.15) is 24.1 Å². The van der Waals surface area contributed by atoms with Crippen LogP contribution < -0.4 is 4.74 Å². The lowest BCUT2D eigenvalue weighted by molar-refractivity contribution is -0.119. The molecular formula is C11H14F2N2O. The van der Waals surface area contributed by atoms with E-state index in [2.05, 4.69) is 9.97 Å². The minimum absolute atomic E-state index is 0.0512. The molecule has 5 heteroatoms. The Bertz CT molecular complexity index is 388. The SMILES string of the molecule is Cc1ncnc(OCC2CC(F)(F)C2)c1C. The fourth-order valence-corrected chi connectivity index (χ4v) is 1.76. The number of hydrogen-bond donors (Lipinski definition) is 0. The van der Waals surface area contributed by atoms with Crippen molar-refractivity contribution in [2.24, 2.45) is 5.92 Å². The van der Waals surface area contributed by atoms with E-state index < -0.39 is 5.92 Å². The summed E-state index contributed by atoms with van der Waals surface area (Å²) in [5, 5.41) is 0. The summed E-state index contributed by atoms with van der Waals surface area (Å²) in [5.74, 6) is -2.03. The molecule has 16 heavy (non-hydrogen) atoms. The molecule has 1 fully saturated rings. The summed E-state index contributed by atoms with van der Waals surface area (Å²) in [4.78, 5) is 8.00. The van der Waals surface area contributed by atoms with Crippen LogP contribution in [0.5, 0.6) is 5.88 Å². The Kier molecular flexibility index (Phi) is 2.78.